The first kappa shape index (κ1) is 21.6. The summed E-state index contributed by atoms with van der Waals surface area (Å²) < 4.78 is 1.60. The molecule has 9 nitrogen and oxygen atoms in total. The molecule has 32 heavy (non-hydrogen) atoms. The molecule has 0 fully saturated rings. The van der Waals surface area contributed by atoms with Gasteiger partial charge in [0.25, 0.3) is 5.91 Å². The molecule has 4 aromatic rings. The van der Waals surface area contributed by atoms with E-state index in [0.717, 1.165) is 33.3 Å². The number of aldehydes is 1. The Bertz CT molecular complexity index is 1220. The van der Waals surface area contributed by atoms with Gasteiger partial charge in [0.2, 0.25) is 5.82 Å². The summed E-state index contributed by atoms with van der Waals surface area (Å²) in [6.07, 6.45) is 4.01. The zero-order chi connectivity index (χ0) is 22.5. The van der Waals surface area contributed by atoms with Crippen molar-refractivity contribution in [3.8, 4) is 0 Å². The predicted molar refractivity (Wildman–Crippen MR) is 124 cm³/mol. The molecule has 4 rings (SSSR count). The molecule has 2 heterocycles. The minimum Gasteiger partial charge on any atom is -0.377 e. The summed E-state index contributed by atoms with van der Waals surface area (Å²) in [4.78, 5) is 31.3. The number of nitrogens with one attached hydrogen (secondary N) is 2. The molecular formula is C22H23N7O2S. The Morgan fingerprint density at radius 2 is 2.09 bits per heavy atom. The Morgan fingerprint density at radius 1 is 1.28 bits per heavy atom. The van der Waals surface area contributed by atoms with E-state index in [9.17, 15) is 9.59 Å². The molecule has 164 valence electrons. The van der Waals surface area contributed by atoms with Crippen molar-refractivity contribution in [1.82, 2.24) is 30.3 Å². The van der Waals surface area contributed by atoms with Gasteiger partial charge in [0.05, 0.1) is 30.0 Å². The van der Waals surface area contributed by atoms with Crippen LogP contribution in [0.15, 0.2) is 59.9 Å². The number of benzene rings is 2. The molecule has 1 amide bonds. The first-order valence-corrected chi connectivity index (χ1v) is 11.0. The number of hydrogen-bond acceptors (Lipinski definition) is 7. The largest absolute Gasteiger partial charge is 0.377 e. The lowest BCUT2D eigenvalue weighted by Crippen LogP contribution is -2.38. The van der Waals surface area contributed by atoms with Crippen molar-refractivity contribution in [3.05, 3.63) is 66.4 Å². The van der Waals surface area contributed by atoms with E-state index in [1.807, 2.05) is 61.5 Å². The van der Waals surface area contributed by atoms with Gasteiger partial charge in [-0.05, 0) is 17.7 Å². The Balaban J connectivity index is 1.40. The van der Waals surface area contributed by atoms with Gasteiger partial charge in [-0.15, -0.1) is 16.9 Å². The molecule has 0 aliphatic heterocycles. The van der Waals surface area contributed by atoms with Crippen molar-refractivity contribution in [3.63, 3.8) is 0 Å². The molecule has 10 heteroatoms. The molecule has 2 aromatic carbocycles. The van der Waals surface area contributed by atoms with Crippen LogP contribution in [0, 0.1) is 0 Å². The average molecular weight is 450 g/mol. The van der Waals surface area contributed by atoms with E-state index in [1.54, 1.807) is 10.9 Å². The number of hydrogen-bond donors (Lipinski definition) is 2. The van der Waals surface area contributed by atoms with Gasteiger partial charge >= 0.3 is 0 Å². The Labute approximate surface area is 189 Å². The molecule has 0 spiro atoms. The first-order valence-electron chi connectivity index (χ1n) is 10.0. The van der Waals surface area contributed by atoms with Crippen LogP contribution in [0.5, 0.6) is 0 Å². The lowest BCUT2D eigenvalue weighted by molar-refractivity contribution is -0.109. The number of fused-ring (bicyclic) bond motifs is 1. The number of anilines is 1. The Hall–Kier alpha value is -3.66. The number of carbonyl (C=O) groups excluding carboxylic acids is 2. The second kappa shape index (κ2) is 9.65. The molecule has 1 atom stereocenters. The number of nitrogens with zero attached hydrogens (tertiary/aromatic N) is 5. The number of rotatable bonds is 9. The second-order valence-corrected chi connectivity index (χ2v) is 8.51. The summed E-state index contributed by atoms with van der Waals surface area (Å²) in [5, 5.41) is 15.0. The summed E-state index contributed by atoms with van der Waals surface area (Å²) >= 11 is 1.49. The highest BCUT2D eigenvalue weighted by atomic mass is 32.2. The summed E-state index contributed by atoms with van der Waals surface area (Å²) in [5.74, 6) is -0.0718. The molecular weight excluding hydrogens is 426 g/mol. The highest BCUT2D eigenvalue weighted by Gasteiger charge is 2.18. The van der Waals surface area contributed by atoms with E-state index in [-0.39, 0.29) is 5.82 Å². The number of aromatic nitrogens is 5. The lowest BCUT2D eigenvalue weighted by Gasteiger charge is -2.18. The fraction of sp³-hybridized carbons (Fsp3) is 0.227. The van der Waals surface area contributed by atoms with E-state index in [1.165, 1.54) is 18.1 Å². The van der Waals surface area contributed by atoms with Gasteiger partial charge in [-0.3, -0.25) is 9.89 Å². The van der Waals surface area contributed by atoms with Crippen LogP contribution < -0.4 is 10.2 Å². The zero-order valence-corrected chi connectivity index (χ0v) is 18.5. The van der Waals surface area contributed by atoms with Gasteiger partial charge in [0, 0.05) is 30.1 Å². The maximum Gasteiger partial charge on any atom is 0.291 e. The van der Waals surface area contributed by atoms with Crippen LogP contribution in [0.2, 0.25) is 0 Å². The molecule has 0 bridgehead atoms. The average Bonchev–Trinajstić information content (AvgIpc) is 3.45. The van der Waals surface area contributed by atoms with Crippen LogP contribution in [0.1, 0.15) is 16.2 Å². The van der Waals surface area contributed by atoms with Crippen LogP contribution in [-0.2, 0) is 11.3 Å². The smallest absolute Gasteiger partial charge is 0.291 e. The minimum atomic E-state index is -0.680. The maximum absolute atomic E-state index is 12.6. The molecule has 0 saturated carbocycles. The number of aromatic amines is 1. The van der Waals surface area contributed by atoms with E-state index in [2.05, 4.69) is 25.6 Å². The van der Waals surface area contributed by atoms with Gasteiger partial charge in [0.1, 0.15) is 12.6 Å². The minimum absolute atomic E-state index is 0.0330. The molecule has 2 aromatic heterocycles. The number of amides is 1. The van der Waals surface area contributed by atoms with Crippen molar-refractivity contribution >= 4 is 40.5 Å². The van der Waals surface area contributed by atoms with Gasteiger partial charge in [-0.1, -0.05) is 30.3 Å². The van der Waals surface area contributed by atoms with Crippen molar-refractivity contribution in [2.45, 2.75) is 17.5 Å². The number of carbonyl (C=O) groups is 2. The quantitative estimate of drug-likeness (QED) is 0.298. The third-order valence-corrected chi connectivity index (χ3v) is 5.99. The molecule has 0 radical (unpaired) electrons. The first-order chi connectivity index (χ1) is 15.5. The SMILES string of the molecule is CN(C)c1cc2cn[nH]c2cc1SC[C@@H](C=O)NC(=O)c1ncn(Cc2ccccc2)n1. The van der Waals surface area contributed by atoms with Gasteiger partial charge < -0.3 is 15.0 Å². The molecule has 0 aliphatic carbocycles. The van der Waals surface area contributed by atoms with Crippen LogP contribution in [0.25, 0.3) is 10.9 Å². The van der Waals surface area contributed by atoms with Crippen molar-refractivity contribution < 1.29 is 9.59 Å². The summed E-state index contributed by atoms with van der Waals surface area (Å²) in [7, 11) is 3.92. The Morgan fingerprint density at radius 3 is 2.84 bits per heavy atom. The summed E-state index contributed by atoms with van der Waals surface area (Å²) in [6, 6.07) is 13.1. The highest BCUT2D eigenvalue weighted by molar-refractivity contribution is 7.99. The van der Waals surface area contributed by atoms with E-state index in [4.69, 9.17) is 0 Å². The fourth-order valence-corrected chi connectivity index (χ4v) is 4.31. The molecule has 0 aliphatic rings. The van der Waals surface area contributed by atoms with Crippen molar-refractivity contribution in [2.75, 3.05) is 24.7 Å². The van der Waals surface area contributed by atoms with Crippen LogP contribution in [0.3, 0.4) is 0 Å². The monoisotopic (exact) mass is 449 g/mol. The standard InChI is InChI=1S/C22H23N7O2S/c1-28(2)19-8-16-10-24-26-18(16)9-20(19)32-13-17(12-30)25-22(31)21-23-14-29(27-21)11-15-6-4-3-5-7-15/h3-10,12,14,17H,11,13H2,1-2H3,(H,24,26)(H,25,31)/t17-/m1/s1. The van der Waals surface area contributed by atoms with Crippen LogP contribution in [0.4, 0.5) is 5.69 Å². The van der Waals surface area contributed by atoms with Gasteiger partial charge in [-0.25, -0.2) is 9.67 Å². The van der Waals surface area contributed by atoms with Crippen LogP contribution >= 0.6 is 11.8 Å². The van der Waals surface area contributed by atoms with Gasteiger partial charge in [-0.2, -0.15) is 5.10 Å². The zero-order valence-electron chi connectivity index (χ0n) is 17.7. The summed E-state index contributed by atoms with van der Waals surface area (Å²) in [6.45, 7) is 0.511. The number of thioether (sulfide) groups is 1. The predicted octanol–water partition coefficient (Wildman–Crippen LogP) is 2.36. The fourth-order valence-electron chi connectivity index (χ4n) is 3.20. The normalized spacial score (nSPS) is 11.9. The summed E-state index contributed by atoms with van der Waals surface area (Å²) in [5.41, 5.74) is 2.98. The van der Waals surface area contributed by atoms with Crippen LogP contribution in [-0.4, -0.2) is 63.0 Å². The molecule has 0 unspecified atom stereocenters. The third-order valence-electron chi connectivity index (χ3n) is 4.83. The second-order valence-electron chi connectivity index (χ2n) is 7.45. The van der Waals surface area contributed by atoms with Crippen molar-refractivity contribution in [1.29, 1.82) is 0 Å². The van der Waals surface area contributed by atoms with Gasteiger partial charge in [0.15, 0.2) is 0 Å². The van der Waals surface area contributed by atoms with E-state index in [0.29, 0.717) is 12.3 Å². The van der Waals surface area contributed by atoms with Crippen molar-refractivity contribution in [2.24, 2.45) is 0 Å². The lowest BCUT2D eigenvalue weighted by atomic mass is 10.2. The van der Waals surface area contributed by atoms with E-state index >= 15 is 0 Å². The number of H-pyrrole nitrogens is 1. The topological polar surface area (TPSA) is 109 Å². The highest BCUT2D eigenvalue weighted by Crippen LogP contribution is 2.33. The maximum atomic E-state index is 12.6. The molecule has 2 N–H and O–H groups in total. The van der Waals surface area contributed by atoms with E-state index < -0.39 is 11.9 Å². The molecule has 0 saturated heterocycles. The Kier molecular flexibility index (Phi) is 6.50. The third kappa shape index (κ3) is 4.97.